The van der Waals surface area contributed by atoms with Crippen LogP contribution in [0.25, 0.3) is 0 Å². The van der Waals surface area contributed by atoms with E-state index in [-0.39, 0.29) is 11.9 Å². The fourth-order valence-corrected chi connectivity index (χ4v) is 4.77. The van der Waals surface area contributed by atoms with E-state index in [9.17, 15) is 9.59 Å². The van der Waals surface area contributed by atoms with Gasteiger partial charge in [0.15, 0.2) is 5.67 Å². The van der Waals surface area contributed by atoms with Crippen molar-refractivity contribution in [2.75, 3.05) is 24.5 Å². The van der Waals surface area contributed by atoms with Gasteiger partial charge in [-0.2, -0.15) is 0 Å². The van der Waals surface area contributed by atoms with Crippen LogP contribution in [0.4, 0.5) is 14.5 Å². The average molecular weight is 409 g/mol. The van der Waals surface area contributed by atoms with Crippen LogP contribution in [0.3, 0.4) is 0 Å². The highest BCUT2D eigenvalue weighted by Gasteiger charge is 2.72. The zero-order valence-electron chi connectivity index (χ0n) is 16.1. The predicted molar refractivity (Wildman–Crippen MR) is 100 cm³/mol. The molecule has 4 heterocycles. The summed E-state index contributed by atoms with van der Waals surface area (Å²) in [4.78, 5) is 33.4. The smallest absolute Gasteiger partial charge is 0.293 e. The van der Waals surface area contributed by atoms with Crippen molar-refractivity contribution < 1.29 is 18.4 Å². The standard InChI is InChI=1S/C18H21F2N5O2S/c1-10(2)25-9-21-14(22-25)15(26)23-6-17(19)7-24(16(27)18(17,20)8-23)13-5-11(3)28-12(13)4/h5,9-10H,6-8H2,1-4H3/t17-,18+/m0/s1. The Kier molecular flexibility index (Phi) is 4.11. The average Bonchev–Trinajstić information content (AvgIpc) is 3.32. The molecule has 0 saturated carbocycles. The summed E-state index contributed by atoms with van der Waals surface area (Å²) >= 11 is 1.47. The molecule has 28 heavy (non-hydrogen) atoms. The lowest BCUT2D eigenvalue weighted by Gasteiger charge is -2.21. The van der Waals surface area contributed by atoms with Crippen molar-refractivity contribution in [3.63, 3.8) is 0 Å². The molecule has 0 unspecified atom stereocenters. The molecule has 150 valence electrons. The van der Waals surface area contributed by atoms with Crippen LogP contribution in [0.2, 0.25) is 0 Å². The van der Waals surface area contributed by atoms with Crippen LogP contribution in [0.15, 0.2) is 12.4 Å². The van der Waals surface area contributed by atoms with Gasteiger partial charge < -0.3 is 9.80 Å². The molecule has 2 aliphatic heterocycles. The van der Waals surface area contributed by atoms with Gasteiger partial charge in [0.05, 0.1) is 25.3 Å². The summed E-state index contributed by atoms with van der Waals surface area (Å²) in [5.41, 5.74) is -4.71. The highest BCUT2D eigenvalue weighted by molar-refractivity contribution is 7.12. The number of anilines is 1. The monoisotopic (exact) mass is 409 g/mol. The van der Waals surface area contributed by atoms with Gasteiger partial charge in [0, 0.05) is 15.8 Å². The third-order valence-electron chi connectivity index (χ3n) is 5.37. The van der Waals surface area contributed by atoms with E-state index in [1.165, 1.54) is 27.2 Å². The molecule has 2 atom stereocenters. The van der Waals surface area contributed by atoms with E-state index in [0.717, 1.165) is 14.7 Å². The van der Waals surface area contributed by atoms with E-state index in [1.54, 1.807) is 6.07 Å². The number of fused-ring (bicyclic) bond motifs is 1. The SMILES string of the molecule is Cc1cc(N2C[C@@]3(F)CN(C(=O)c4ncn(C(C)C)n4)C[C@@]3(F)C2=O)c(C)s1. The minimum atomic E-state index is -2.77. The number of hydrogen-bond acceptors (Lipinski definition) is 5. The van der Waals surface area contributed by atoms with Gasteiger partial charge in [-0.3, -0.25) is 9.59 Å². The van der Waals surface area contributed by atoms with Gasteiger partial charge in [0.1, 0.15) is 6.33 Å². The lowest BCUT2D eigenvalue weighted by atomic mass is 9.93. The number of nitrogens with zero attached hydrogens (tertiary/aromatic N) is 5. The van der Waals surface area contributed by atoms with Crippen molar-refractivity contribution >= 4 is 28.8 Å². The molecule has 2 aromatic heterocycles. The maximum absolute atomic E-state index is 15.6. The number of hydrogen-bond donors (Lipinski definition) is 0. The van der Waals surface area contributed by atoms with E-state index in [1.807, 2.05) is 27.7 Å². The van der Waals surface area contributed by atoms with Crippen molar-refractivity contribution in [1.82, 2.24) is 19.7 Å². The first-order valence-corrected chi connectivity index (χ1v) is 9.84. The van der Waals surface area contributed by atoms with Crippen LogP contribution in [0, 0.1) is 13.8 Å². The molecule has 10 heteroatoms. The number of carbonyl (C=O) groups is 2. The third kappa shape index (κ3) is 2.57. The molecule has 2 saturated heterocycles. The van der Waals surface area contributed by atoms with Gasteiger partial charge in [-0.15, -0.1) is 16.4 Å². The van der Waals surface area contributed by atoms with Gasteiger partial charge in [-0.1, -0.05) is 0 Å². The maximum atomic E-state index is 15.6. The molecule has 2 aromatic rings. The van der Waals surface area contributed by atoms with Crippen molar-refractivity contribution in [1.29, 1.82) is 0 Å². The maximum Gasteiger partial charge on any atom is 0.293 e. The van der Waals surface area contributed by atoms with Crippen LogP contribution in [0.5, 0.6) is 0 Å². The normalized spacial score (nSPS) is 27.2. The number of alkyl halides is 2. The molecule has 2 fully saturated rings. The zero-order valence-corrected chi connectivity index (χ0v) is 16.9. The lowest BCUT2D eigenvalue weighted by molar-refractivity contribution is -0.130. The number of likely N-dealkylation sites (tertiary alicyclic amines) is 1. The molecule has 0 aliphatic carbocycles. The largest absolute Gasteiger partial charge is 0.329 e. The van der Waals surface area contributed by atoms with Crippen molar-refractivity contribution in [3.05, 3.63) is 28.0 Å². The third-order valence-corrected chi connectivity index (χ3v) is 6.33. The summed E-state index contributed by atoms with van der Waals surface area (Å²) in [6, 6.07) is 1.76. The van der Waals surface area contributed by atoms with E-state index >= 15 is 8.78 Å². The Hall–Kier alpha value is -2.36. The molecule has 2 amide bonds. The fraction of sp³-hybridized carbons (Fsp3) is 0.556. The van der Waals surface area contributed by atoms with Crippen molar-refractivity contribution in [3.8, 4) is 0 Å². The van der Waals surface area contributed by atoms with Gasteiger partial charge >= 0.3 is 0 Å². The van der Waals surface area contributed by atoms with Gasteiger partial charge in [0.25, 0.3) is 11.8 Å². The number of amides is 2. The second-order valence-corrected chi connectivity index (χ2v) is 9.22. The Morgan fingerprint density at radius 1 is 1.25 bits per heavy atom. The molecule has 0 spiro atoms. The molecular formula is C18H21F2N5O2S. The highest BCUT2D eigenvalue weighted by atomic mass is 32.1. The quantitative estimate of drug-likeness (QED) is 0.781. The number of aromatic nitrogens is 3. The Morgan fingerprint density at radius 2 is 1.96 bits per heavy atom. The summed E-state index contributed by atoms with van der Waals surface area (Å²) in [7, 11) is 0. The van der Waals surface area contributed by atoms with E-state index in [2.05, 4.69) is 10.1 Å². The Bertz CT molecular complexity index is 973. The second-order valence-electron chi connectivity index (χ2n) is 7.76. The van der Waals surface area contributed by atoms with Crippen molar-refractivity contribution in [2.45, 2.75) is 45.1 Å². The van der Waals surface area contributed by atoms with Crippen LogP contribution >= 0.6 is 11.3 Å². The molecule has 7 nitrogen and oxygen atoms in total. The predicted octanol–water partition coefficient (Wildman–Crippen LogP) is 2.46. The molecule has 0 aromatic carbocycles. The molecular weight excluding hydrogens is 388 g/mol. The number of halogens is 2. The second kappa shape index (κ2) is 6.07. The van der Waals surface area contributed by atoms with Crippen LogP contribution < -0.4 is 4.90 Å². The van der Waals surface area contributed by atoms with Gasteiger partial charge in [0.2, 0.25) is 11.5 Å². The summed E-state index contributed by atoms with van der Waals surface area (Å²) < 4.78 is 32.7. The summed E-state index contributed by atoms with van der Waals surface area (Å²) in [5.74, 6) is -1.74. The van der Waals surface area contributed by atoms with Gasteiger partial charge in [-0.25, -0.2) is 18.4 Å². The first kappa shape index (κ1) is 19.0. The number of aryl methyl sites for hydroxylation is 2. The van der Waals surface area contributed by atoms with E-state index in [0.29, 0.717) is 5.69 Å². The molecule has 2 aliphatic rings. The summed E-state index contributed by atoms with van der Waals surface area (Å²) in [5, 5.41) is 4.07. The highest BCUT2D eigenvalue weighted by Crippen LogP contribution is 2.48. The molecule has 0 N–H and O–H groups in total. The van der Waals surface area contributed by atoms with E-state index in [4.69, 9.17) is 0 Å². The first-order valence-electron chi connectivity index (χ1n) is 9.03. The van der Waals surface area contributed by atoms with Crippen LogP contribution in [0.1, 0.15) is 40.3 Å². The Morgan fingerprint density at radius 3 is 2.50 bits per heavy atom. The zero-order chi connectivity index (χ0) is 20.4. The van der Waals surface area contributed by atoms with Crippen LogP contribution in [-0.2, 0) is 4.79 Å². The minimum Gasteiger partial charge on any atom is -0.329 e. The van der Waals surface area contributed by atoms with Crippen LogP contribution in [-0.4, -0.2) is 62.5 Å². The Balaban J connectivity index is 1.59. The first-order chi connectivity index (χ1) is 13.1. The van der Waals surface area contributed by atoms with E-state index < -0.39 is 42.8 Å². The summed E-state index contributed by atoms with van der Waals surface area (Å²) in [6.07, 6.45) is 1.40. The molecule has 0 radical (unpaired) electrons. The number of rotatable bonds is 3. The van der Waals surface area contributed by atoms with Gasteiger partial charge in [-0.05, 0) is 33.8 Å². The Labute approximate surface area is 164 Å². The lowest BCUT2D eigenvalue weighted by Crippen LogP contribution is -2.47. The molecule has 0 bridgehead atoms. The topological polar surface area (TPSA) is 71.3 Å². The fourth-order valence-electron chi connectivity index (χ4n) is 3.85. The molecule has 4 rings (SSSR count). The number of carbonyl (C=O) groups excluding carboxylic acids is 2. The van der Waals surface area contributed by atoms with Crippen molar-refractivity contribution in [2.24, 2.45) is 0 Å². The number of thiophene rings is 1. The minimum absolute atomic E-state index is 0.000475. The summed E-state index contributed by atoms with van der Waals surface area (Å²) in [6.45, 7) is 5.87.